The molecule has 8 heteroatoms. The molecule has 0 radical (unpaired) electrons. The van der Waals surface area contributed by atoms with E-state index in [1.54, 1.807) is 0 Å². The molecule has 0 spiro atoms. The van der Waals surface area contributed by atoms with Crippen LogP contribution in [-0.2, 0) is 14.3 Å². The lowest BCUT2D eigenvalue weighted by Gasteiger charge is -2.20. The standard InChI is InChI=1S/C10H18N2O6/c1-3-18-5-4-12(2)10(17)11-7(9(15)16)6-8(13)14/h7H,3-6H2,1-2H3,(H,11,17)(H,13,14)(H,15,16)/t7-/m1/s1. The van der Waals surface area contributed by atoms with E-state index < -0.39 is 30.4 Å². The minimum atomic E-state index is -1.44. The fraction of sp³-hybridized carbons (Fsp3) is 0.700. The fourth-order valence-electron chi connectivity index (χ4n) is 1.08. The molecule has 0 rings (SSSR count). The highest BCUT2D eigenvalue weighted by atomic mass is 16.5. The molecular weight excluding hydrogens is 244 g/mol. The summed E-state index contributed by atoms with van der Waals surface area (Å²) in [6, 6.07) is -2.09. The number of carboxylic acids is 2. The second-order valence-corrected chi connectivity index (χ2v) is 3.56. The van der Waals surface area contributed by atoms with Crippen molar-refractivity contribution in [1.29, 1.82) is 0 Å². The number of nitrogens with one attached hydrogen (secondary N) is 1. The van der Waals surface area contributed by atoms with Crippen LogP contribution in [0.15, 0.2) is 0 Å². The zero-order valence-electron chi connectivity index (χ0n) is 10.4. The molecule has 0 aliphatic heterocycles. The van der Waals surface area contributed by atoms with Crippen LogP contribution in [0.4, 0.5) is 4.79 Å². The quantitative estimate of drug-likeness (QED) is 0.512. The Morgan fingerprint density at radius 3 is 2.39 bits per heavy atom. The van der Waals surface area contributed by atoms with E-state index in [1.807, 2.05) is 6.92 Å². The highest BCUT2D eigenvalue weighted by Gasteiger charge is 2.24. The van der Waals surface area contributed by atoms with E-state index in [-0.39, 0.29) is 0 Å². The first kappa shape index (κ1) is 16.2. The van der Waals surface area contributed by atoms with Crippen molar-refractivity contribution in [2.24, 2.45) is 0 Å². The molecule has 0 unspecified atom stereocenters. The number of nitrogens with zero attached hydrogens (tertiary/aromatic N) is 1. The lowest BCUT2D eigenvalue weighted by atomic mass is 10.2. The maximum absolute atomic E-state index is 11.5. The van der Waals surface area contributed by atoms with E-state index in [1.165, 1.54) is 11.9 Å². The van der Waals surface area contributed by atoms with E-state index in [0.717, 1.165) is 0 Å². The van der Waals surface area contributed by atoms with E-state index in [9.17, 15) is 14.4 Å². The number of urea groups is 1. The van der Waals surface area contributed by atoms with Crippen molar-refractivity contribution in [3.05, 3.63) is 0 Å². The number of hydrogen-bond acceptors (Lipinski definition) is 4. The van der Waals surface area contributed by atoms with Crippen LogP contribution >= 0.6 is 0 Å². The van der Waals surface area contributed by atoms with Gasteiger partial charge in [-0.1, -0.05) is 0 Å². The molecule has 0 heterocycles. The van der Waals surface area contributed by atoms with Crippen molar-refractivity contribution in [2.75, 3.05) is 26.8 Å². The second-order valence-electron chi connectivity index (χ2n) is 3.56. The van der Waals surface area contributed by atoms with E-state index >= 15 is 0 Å². The summed E-state index contributed by atoms with van der Waals surface area (Å²) >= 11 is 0. The molecule has 3 N–H and O–H groups in total. The first-order chi connectivity index (χ1) is 8.38. The van der Waals surface area contributed by atoms with Crippen LogP contribution in [0.2, 0.25) is 0 Å². The monoisotopic (exact) mass is 262 g/mol. The predicted octanol–water partition coefficient (Wildman–Crippen LogP) is -0.408. The molecule has 0 aromatic heterocycles. The Balaban J connectivity index is 4.23. The van der Waals surface area contributed by atoms with E-state index in [2.05, 4.69) is 5.32 Å². The van der Waals surface area contributed by atoms with Crippen molar-refractivity contribution in [1.82, 2.24) is 10.2 Å². The zero-order valence-corrected chi connectivity index (χ0v) is 10.4. The fourth-order valence-corrected chi connectivity index (χ4v) is 1.08. The number of ether oxygens (including phenoxy) is 1. The van der Waals surface area contributed by atoms with Gasteiger partial charge in [0.2, 0.25) is 0 Å². The molecule has 0 fully saturated rings. The summed E-state index contributed by atoms with van der Waals surface area (Å²) in [4.78, 5) is 33.9. The molecule has 0 aliphatic carbocycles. The van der Waals surface area contributed by atoms with Crippen LogP contribution in [0.1, 0.15) is 13.3 Å². The van der Waals surface area contributed by atoms with Crippen molar-refractivity contribution in [2.45, 2.75) is 19.4 Å². The topological polar surface area (TPSA) is 116 Å². The molecule has 0 aliphatic rings. The van der Waals surface area contributed by atoms with Gasteiger partial charge in [-0.3, -0.25) is 4.79 Å². The van der Waals surface area contributed by atoms with Gasteiger partial charge in [0.1, 0.15) is 6.04 Å². The van der Waals surface area contributed by atoms with Gasteiger partial charge in [0.15, 0.2) is 0 Å². The van der Waals surface area contributed by atoms with Crippen molar-refractivity contribution in [3.8, 4) is 0 Å². The molecule has 8 nitrogen and oxygen atoms in total. The van der Waals surface area contributed by atoms with E-state index in [4.69, 9.17) is 14.9 Å². The van der Waals surface area contributed by atoms with Gasteiger partial charge in [0, 0.05) is 20.2 Å². The molecule has 0 aromatic rings. The molecular formula is C10H18N2O6. The van der Waals surface area contributed by atoms with E-state index in [0.29, 0.717) is 19.8 Å². The molecule has 0 bridgehead atoms. The molecule has 104 valence electrons. The largest absolute Gasteiger partial charge is 0.481 e. The minimum Gasteiger partial charge on any atom is -0.481 e. The van der Waals surface area contributed by atoms with Crippen molar-refractivity contribution in [3.63, 3.8) is 0 Å². The lowest BCUT2D eigenvalue weighted by molar-refractivity contribution is -0.145. The number of carbonyl (C=O) groups is 3. The summed E-state index contributed by atoms with van der Waals surface area (Å²) in [7, 11) is 1.47. The SMILES string of the molecule is CCOCCN(C)C(=O)N[C@H](CC(=O)O)C(=O)O. The highest BCUT2D eigenvalue weighted by Crippen LogP contribution is 1.95. The Hall–Kier alpha value is -1.83. The zero-order chi connectivity index (χ0) is 14.1. The normalized spacial score (nSPS) is 11.7. The molecule has 0 aromatic carbocycles. The first-order valence-electron chi connectivity index (χ1n) is 5.42. The Kier molecular flexibility index (Phi) is 7.45. The Morgan fingerprint density at radius 1 is 1.33 bits per heavy atom. The van der Waals surface area contributed by atoms with Crippen LogP contribution in [0.25, 0.3) is 0 Å². The lowest BCUT2D eigenvalue weighted by Crippen LogP contribution is -2.48. The van der Waals surface area contributed by atoms with Crippen LogP contribution in [-0.4, -0.2) is 65.9 Å². The van der Waals surface area contributed by atoms with Gasteiger partial charge >= 0.3 is 18.0 Å². The number of carboxylic acid groups (broad SMARTS) is 2. The van der Waals surface area contributed by atoms with Gasteiger partial charge in [0.25, 0.3) is 0 Å². The number of likely N-dealkylation sites (N-methyl/N-ethyl adjacent to an activating group) is 1. The average Bonchev–Trinajstić information content (AvgIpc) is 2.27. The van der Waals surface area contributed by atoms with Gasteiger partial charge in [-0.15, -0.1) is 0 Å². The van der Waals surface area contributed by atoms with Crippen LogP contribution in [0.3, 0.4) is 0 Å². The Morgan fingerprint density at radius 2 is 1.94 bits per heavy atom. The average molecular weight is 262 g/mol. The third-order valence-electron chi connectivity index (χ3n) is 2.10. The molecule has 1 atom stereocenters. The molecule has 18 heavy (non-hydrogen) atoms. The Bertz CT molecular complexity index is 307. The highest BCUT2D eigenvalue weighted by molar-refractivity contribution is 5.86. The maximum Gasteiger partial charge on any atom is 0.326 e. The Labute approximate surface area is 105 Å². The molecule has 0 saturated heterocycles. The van der Waals surface area contributed by atoms with Crippen LogP contribution in [0, 0.1) is 0 Å². The summed E-state index contributed by atoms with van der Waals surface area (Å²) in [6.45, 7) is 2.95. The summed E-state index contributed by atoms with van der Waals surface area (Å²) in [5.41, 5.74) is 0. The maximum atomic E-state index is 11.5. The van der Waals surface area contributed by atoms with Crippen molar-refractivity contribution < 1.29 is 29.3 Å². The second kappa shape index (κ2) is 8.29. The number of amides is 2. The van der Waals surface area contributed by atoms with Gasteiger partial charge in [0.05, 0.1) is 13.0 Å². The smallest absolute Gasteiger partial charge is 0.326 e. The third-order valence-corrected chi connectivity index (χ3v) is 2.10. The summed E-state index contributed by atoms with van der Waals surface area (Å²) < 4.78 is 5.04. The predicted molar refractivity (Wildman–Crippen MR) is 61.3 cm³/mol. The van der Waals surface area contributed by atoms with Gasteiger partial charge in [-0.05, 0) is 6.92 Å². The number of aliphatic carboxylic acids is 2. The number of rotatable bonds is 8. The van der Waals surface area contributed by atoms with Crippen LogP contribution < -0.4 is 5.32 Å². The van der Waals surface area contributed by atoms with Crippen LogP contribution in [0.5, 0.6) is 0 Å². The summed E-state index contributed by atoms with van der Waals surface area (Å²) in [6.07, 6.45) is -0.666. The number of carbonyl (C=O) groups excluding carboxylic acids is 1. The third kappa shape index (κ3) is 6.69. The summed E-state index contributed by atoms with van der Waals surface area (Å²) in [5, 5.41) is 19.4. The van der Waals surface area contributed by atoms with Gasteiger partial charge < -0.3 is 25.2 Å². The summed E-state index contributed by atoms with van der Waals surface area (Å²) in [5.74, 6) is -2.68. The molecule has 2 amide bonds. The van der Waals surface area contributed by atoms with Gasteiger partial charge in [-0.2, -0.15) is 0 Å². The number of hydrogen-bond donors (Lipinski definition) is 3. The minimum absolute atomic E-state index is 0.291. The van der Waals surface area contributed by atoms with Gasteiger partial charge in [-0.25, -0.2) is 9.59 Å². The van der Waals surface area contributed by atoms with Crippen molar-refractivity contribution >= 4 is 18.0 Å². The molecule has 0 saturated carbocycles. The first-order valence-corrected chi connectivity index (χ1v) is 5.42.